The molecule has 0 bridgehead atoms. The van der Waals surface area contributed by atoms with Gasteiger partial charge in [0.1, 0.15) is 6.10 Å². The van der Waals surface area contributed by atoms with Crippen molar-refractivity contribution in [1.82, 2.24) is 5.32 Å². The molecule has 4 N–H and O–H groups in total. The number of carbonyl (C=O) groups is 1. The molecule has 0 aliphatic rings. The lowest BCUT2D eigenvalue weighted by Gasteiger charge is -2.17. The molecule has 0 rings (SSSR count). The molecule has 2 atom stereocenters. The average Bonchev–Trinajstić information content (AvgIpc) is 2.13. The van der Waals surface area contributed by atoms with Crippen LogP contribution in [0.1, 0.15) is 26.7 Å². The Balaban J connectivity index is 3.86. The molecular formula is C9H19NO4. The molecule has 0 aliphatic carbocycles. The van der Waals surface area contributed by atoms with Crippen LogP contribution in [0.25, 0.3) is 0 Å². The molecule has 0 aromatic heterocycles. The predicted octanol–water partition coefficient (Wildman–Crippen LogP) is -0.790. The third-order valence-corrected chi connectivity index (χ3v) is 2.01. The van der Waals surface area contributed by atoms with Crippen LogP contribution in [0.3, 0.4) is 0 Å². The van der Waals surface area contributed by atoms with Gasteiger partial charge in [-0.25, -0.2) is 0 Å². The molecule has 0 saturated heterocycles. The summed E-state index contributed by atoms with van der Waals surface area (Å²) >= 11 is 0. The van der Waals surface area contributed by atoms with E-state index in [1.807, 2.05) is 6.92 Å². The van der Waals surface area contributed by atoms with Gasteiger partial charge in [-0.1, -0.05) is 20.3 Å². The zero-order chi connectivity index (χ0) is 11.1. The number of amides is 1. The maximum Gasteiger partial charge on any atom is 0.249 e. The first kappa shape index (κ1) is 13.4. The van der Waals surface area contributed by atoms with Crippen molar-refractivity contribution in [2.45, 2.75) is 39.1 Å². The summed E-state index contributed by atoms with van der Waals surface area (Å²) in [4.78, 5) is 11.2. The Morgan fingerprint density at radius 3 is 2.36 bits per heavy atom. The second-order valence-corrected chi connectivity index (χ2v) is 3.44. The highest BCUT2D eigenvalue weighted by Gasteiger charge is 2.21. The first-order valence-corrected chi connectivity index (χ1v) is 4.81. The van der Waals surface area contributed by atoms with Crippen molar-refractivity contribution in [2.75, 3.05) is 6.54 Å². The maximum atomic E-state index is 11.2. The summed E-state index contributed by atoms with van der Waals surface area (Å²) in [6.45, 7) is 3.50. The van der Waals surface area contributed by atoms with Gasteiger partial charge in [-0.15, -0.1) is 0 Å². The quantitative estimate of drug-likeness (QED) is 0.428. The summed E-state index contributed by atoms with van der Waals surface area (Å²) in [7, 11) is 0. The van der Waals surface area contributed by atoms with Crippen LogP contribution in [0.5, 0.6) is 0 Å². The number of hydrogen-bond donors (Lipinski definition) is 4. The van der Waals surface area contributed by atoms with Crippen LogP contribution in [0.4, 0.5) is 0 Å². The van der Waals surface area contributed by atoms with Gasteiger partial charge in [0.25, 0.3) is 0 Å². The van der Waals surface area contributed by atoms with Crippen molar-refractivity contribution in [2.24, 2.45) is 5.92 Å². The lowest BCUT2D eigenvalue weighted by atomic mass is 9.99. The molecule has 0 saturated carbocycles. The highest BCUT2D eigenvalue weighted by Crippen LogP contribution is 2.10. The van der Waals surface area contributed by atoms with E-state index >= 15 is 0 Å². The van der Waals surface area contributed by atoms with Gasteiger partial charge in [0.2, 0.25) is 5.91 Å². The number of hydrogen-bond acceptors (Lipinski definition) is 4. The molecule has 0 fully saturated rings. The van der Waals surface area contributed by atoms with Crippen LogP contribution in [-0.2, 0) is 4.79 Å². The average molecular weight is 205 g/mol. The molecule has 14 heavy (non-hydrogen) atoms. The van der Waals surface area contributed by atoms with Crippen molar-refractivity contribution < 1.29 is 20.1 Å². The molecule has 84 valence electrons. The second-order valence-electron chi connectivity index (χ2n) is 3.44. The fourth-order valence-electron chi connectivity index (χ4n) is 1.17. The molecule has 0 radical (unpaired) electrons. The minimum Gasteiger partial charge on any atom is -0.383 e. The molecule has 0 heterocycles. The Morgan fingerprint density at radius 2 is 1.93 bits per heavy atom. The molecule has 0 spiro atoms. The fraction of sp³-hybridized carbons (Fsp3) is 0.889. The van der Waals surface area contributed by atoms with E-state index in [9.17, 15) is 9.90 Å². The van der Waals surface area contributed by atoms with Gasteiger partial charge in [0.15, 0.2) is 6.29 Å². The van der Waals surface area contributed by atoms with Crippen LogP contribution in [0, 0.1) is 5.92 Å². The minimum absolute atomic E-state index is 0.115. The van der Waals surface area contributed by atoms with Crippen LogP contribution in [0.15, 0.2) is 0 Å². The van der Waals surface area contributed by atoms with E-state index in [2.05, 4.69) is 5.32 Å². The van der Waals surface area contributed by atoms with E-state index in [0.29, 0.717) is 0 Å². The number of aliphatic hydroxyl groups excluding tert-OH is 2. The normalized spacial score (nSPS) is 15.3. The van der Waals surface area contributed by atoms with E-state index in [1.165, 1.54) is 0 Å². The van der Waals surface area contributed by atoms with E-state index in [-0.39, 0.29) is 12.5 Å². The Hall–Kier alpha value is -0.650. The Kier molecular flexibility index (Phi) is 6.44. The molecule has 5 heteroatoms. The number of rotatable bonds is 6. The molecule has 0 aliphatic heterocycles. The maximum absolute atomic E-state index is 11.2. The third-order valence-electron chi connectivity index (χ3n) is 2.01. The number of aliphatic hydroxyl groups is 3. The highest BCUT2D eigenvalue weighted by molar-refractivity contribution is 5.80. The van der Waals surface area contributed by atoms with Crippen molar-refractivity contribution in [3.63, 3.8) is 0 Å². The topological polar surface area (TPSA) is 89.8 Å². The Labute approximate surface area is 83.8 Å². The van der Waals surface area contributed by atoms with Gasteiger partial charge < -0.3 is 20.6 Å². The van der Waals surface area contributed by atoms with E-state index in [4.69, 9.17) is 10.2 Å². The van der Waals surface area contributed by atoms with E-state index < -0.39 is 18.3 Å². The van der Waals surface area contributed by atoms with E-state index in [0.717, 1.165) is 12.8 Å². The van der Waals surface area contributed by atoms with Crippen molar-refractivity contribution in [3.05, 3.63) is 0 Å². The summed E-state index contributed by atoms with van der Waals surface area (Å²) < 4.78 is 0. The fourth-order valence-corrected chi connectivity index (χ4v) is 1.17. The highest BCUT2D eigenvalue weighted by atomic mass is 16.5. The van der Waals surface area contributed by atoms with E-state index in [1.54, 1.807) is 6.92 Å². The zero-order valence-corrected chi connectivity index (χ0v) is 8.60. The van der Waals surface area contributed by atoms with Gasteiger partial charge in [-0.2, -0.15) is 0 Å². The molecule has 0 aromatic rings. The summed E-state index contributed by atoms with van der Waals surface area (Å²) in [5.74, 6) is -0.671. The Morgan fingerprint density at radius 1 is 1.36 bits per heavy atom. The largest absolute Gasteiger partial charge is 0.383 e. The van der Waals surface area contributed by atoms with Gasteiger partial charge >= 0.3 is 0 Å². The lowest BCUT2D eigenvalue weighted by Crippen LogP contribution is -2.41. The zero-order valence-electron chi connectivity index (χ0n) is 8.60. The van der Waals surface area contributed by atoms with Gasteiger partial charge in [-0.3, -0.25) is 4.79 Å². The summed E-state index contributed by atoms with van der Waals surface area (Å²) in [5, 5.41) is 28.7. The number of nitrogens with one attached hydrogen (secondary N) is 1. The monoisotopic (exact) mass is 205 g/mol. The van der Waals surface area contributed by atoms with Crippen LogP contribution < -0.4 is 5.32 Å². The Bertz CT molecular complexity index is 172. The third kappa shape index (κ3) is 5.16. The van der Waals surface area contributed by atoms with Crippen molar-refractivity contribution in [3.8, 4) is 0 Å². The molecule has 5 nitrogen and oxygen atoms in total. The van der Waals surface area contributed by atoms with Crippen molar-refractivity contribution in [1.29, 1.82) is 0 Å². The first-order chi connectivity index (χ1) is 6.49. The molecule has 2 unspecified atom stereocenters. The minimum atomic E-state index is -1.58. The SMILES string of the molecule is CCCC(C)C(O)C(=O)NCC(O)O. The second kappa shape index (κ2) is 6.75. The van der Waals surface area contributed by atoms with Crippen LogP contribution >= 0.6 is 0 Å². The summed E-state index contributed by atoms with van der Waals surface area (Å²) in [6, 6.07) is 0. The molecular weight excluding hydrogens is 186 g/mol. The molecule has 1 amide bonds. The predicted molar refractivity (Wildman–Crippen MR) is 51.3 cm³/mol. The molecule has 0 aromatic carbocycles. The first-order valence-electron chi connectivity index (χ1n) is 4.81. The van der Waals surface area contributed by atoms with Gasteiger partial charge in [-0.05, 0) is 12.3 Å². The van der Waals surface area contributed by atoms with Gasteiger partial charge in [0.05, 0.1) is 6.54 Å². The van der Waals surface area contributed by atoms with Crippen LogP contribution in [0.2, 0.25) is 0 Å². The summed E-state index contributed by atoms with van der Waals surface area (Å²) in [5.41, 5.74) is 0. The summed E-state index contributed by atoms with van der Waals surface area (Å²) in [6.07, 6.45) is -0.994. The number of carbonyl (C=O) groups excluding carboxylic acids is 1. The van der Waals surface area contributed by atoms with Gasteiger partial charge in [0, 0.05) is 0 Å². The van der Waals surface area contributed by atoms with Crippen LogP contribution in [-0.4, -0.2) is 40.2 Å². The standard InChI is InChI=1S/C9H19NO4/c1-3-4-6(2)8(13)9(14)10-5-7(11)12/h6-8,11-13H,3-5H2,1-2H3,(H,10,14). The lowest BCUT2D eigenvalue weighted by molar-refractivity contribution is -0.134. The van der Waals surface area contributed by atoms with Crippen molar-refractivity contribution >= 4 is 5.91 Å². The smallest absolute Gasteiger partial charge is 0.249 e.